The lowest BCUT2D eigenvalue weighted by Gasteiger charge is -2.08. The summed E-state index contributed by atoms with van der Waals surface area (Å²) in [5.74, 6) is -0.252. The minimum Gasteiger partial charge on any atom is -0.504 e. The average molecular weight is 225 g/mol. The molecule has 0 saturated carbocycles. The second-order valence-electron chi connectivity index (χ2n) is 4.11. The van der Waals surface area contributed by atoms with Crippen molar-refractivity contribution < 1.29 is 10.2 Å². The van der Waals surface area contributed by atoms with Gasteiger partial charge in [-0.3, -0.25) is 0 Å². The molecule has 0 fully saturated rings. The van der Waals surface area contributed by atoms with Gasteiger partial charge >= 0.3 is 0 Å². The maximum absolute atomic E-state index is 9.54. The van der Waals surface area contributed by atoms with Gasteiger partial charge in [0.05, 0.1) is 11.0 Å². The quantitative estimate of drug-likeness (QED) is 0.456. The summed E-state index contributed by atoms with van der Waals surface area (Å²) in [6.07, 6.45) is 0. The number of aryl methyl sites for hydroxylation is 1. The number of phenolic OH excluding ortho intramolecular Hbond substituents is 2. The van der Waals surface area contributed by atoms with Crippen molar-refractivity contribution in [3.05, 3.63) is 42.0 Å². The zero-order valence-corrected chi connectivity index (χ0v) is 9.31. The third-order valence-corrected chi connectivity index (χ3v) is 3.05. The Kier molecular flexibility index (Phi) is 1.95. The van der Waals surface area contributed by atoms with Crippen LogP contribution in [0.3, 0.4) is 0 Å². The summed E-state index contributed by atoms with van der Waals surface area (Å²) in [6, 6.07) is 10.9. The van der Waals surface area contributed by atoms with E-state index >= 15 is 0 Å². The van der Waals surface area contributed by atoms with E-state index in [0.29, 0.717) is 5.52 Å². The van der Waals surface area contributed by atoms with Crippen molar-refractivity contribution in [2.24, 2.45) is 0 Å². The van der Waals surface area contributed by atoms with Gasteiger partial charge in [-0.2, -0.15) is 0 Å². The van der Waals surface area contributed by atoms with Gasteiger partial charge in [-0.25, -0.2) is 4.98 Å². The minimum atomic E-state index is -0.139. The molecule has 0 atom stereocenters. The number of hydrogen-bond acceptors (Lipinski definition) is 3. The van der Waals surface area contributed by atoms with Crippen molar-refractivity contribution in [1.29, 1.82) is 0 Å². The molecule has 0 radical (unpaired) electrons. The molecule has 3 aromatic rings. The molecule has 84 valence electrons. The summed E-state index contributed by atoms with van der Waals surface area (Å²) in [4.78, 5) is 4.47. The molecule has 0 saturated heterocycles. The summed E-state index contributed by atoms with van der Waals surface area (Å²) in [6.45, 7) is 1.99. The lowest BCUT2D eigenvalue weighted by Crippen LogP contribution is -1.87. The Morgan fingerprint density at radius 3 is 2.41 bits per heavy atom. The summed E-state index contributed by atoms with van der Waals surface area (Å²) in [5.41, 5.74) is 2.64. The van der Waals surface area contributed by atoms with E-state index < -0.39 is 0 Å². The Hall–Kier alpha value is -2.29. The number of rotatable bonds is 0. The third-order valence-electron chi connectivity index (χ3n) is 3.05. The highest BCUT2D eigenvalue weighted by molar-refractivity contribution is 5.98. The highest BCUT2D eigenvalue weighted by Gasteiger charge is 2.08. The Morgan fingerprint density at radius 2 is 1.59 bits per heavy atom. The molecular formula is C14H11NO2. The molecule has 1 heterocycles. The van der Waals surface area contributed by atoms with Gasteiger partial charge in [0.25, 0.3) is 0 Å². The van der Waals surface area contributed by atoms with Crippen LogP contribution in [0.25, 0.3) is 21.8 Å². The molecule has 1 aromatic heterocycles. The number of nitrogens with zero attached hydrogens (tertiary/aromatic N) is 1. The largest absolute Gasteiger partial charge is 0.504 e. The topological polar surface area (TPSA) is 53.4 Å². The summed E-state index contributed by atoms with van der Waals surface area (Å²) < 4.78 is 0. The Labute approximate surface area is 98.0 Å². The number of pyridine rings is 1. The van der Waals surface area contributed by atoms with E-state index in [-0.39, 0.29) is 11.5 Å². The predicted octanol–water partition coefficient (Wildman–Crippen LogP) is 3.11. The third kappa shape index (κ3) is 1.40. The predicted molar refractivity (Wildman–Crippen MR) is 67.3 cm³/mol. The van der Waals surface area contributed by atoms with Gasteiger partial charge in [0.2, 0.25) is 0 Å². The Balaban J connectivity index is 2.55. The lowest BCUT2D eigenvalue weighted by atomic mass is 10.0. The first kappa shape index (κ1) is 9.90. The van der Waals surface area contributed by atoms with Crippen LogP contribution in [0.4, 0.5) is 0 Å². The number of aromatic nitrogens is 1. The molecule has 0 aliphatic rings. The van der Waals surface area contributed by atoms with Gasteiger partial charge < -0.3 is 10.2 Å². The molecule has 0 aliphatic heterocycles. The van der Waals surface area contributed by atoms with Gasteiger partial charge in [-0.05, 0) is 24.6 Å². The van der Waals surface area contributed by atoms with Crippen LogP contribution in [-0.4, -0.2) is 15.2 Å². The first-order valence-corrected chi connectivity index (χ1v) is 5.38. The highest BCUT2D eigenvalue weighted by atomic mass is 16.3. The van der Waals surface area contributed by atoms with Gasteiger partial charge in [-0.1, -0.05) is 18.2 Å². The molecule has 0 amide bonds. The van der Waals surface area contributed by atoms with E-state index in [1.54, 1.807) is 6.07 Å². The molecule has 3 nitrogen and oxygen atoms in total. The fraction of sp³-hybridized carbons (Fsp3) is 0.0714. The number of aromatic hydroxyl groups is 2. The Bertz CT molecular complexity index is 735. The fourth-order valence-corrected chi connectivity index (χ4v) is 2.12. The van der Waals surface area contributed by atoms with E-state index in [4.69, 9.17) is 0 Å². The minimum absolute atomic E-state index is 0.113. The standard InChI is InChI=1S/C14H11NO2/c1-8-9-4-2-3-5-11(9)15-12-7-14(17)13(16)6-10(8)12/h2-7,16-17H,1H3. The average Bonchev–Trinajstić information content (AvgIpc) is 2.32. The molecular weight excluding hydrogens is 214 g/mol. The molecule has 3 rings (SSSR count). The zero-order valence-electron chi connectivity index (χ0n) is 9.31. The molecule has 3 heteroatoms. The maximum atomic E-state index is 9.54. The number of fused-ring (bicyclic) bond motifs is 2. The highest BCUT2D eigenvalue weighted by Crippen LogP contribution is 2.33. The maximum Gasteiger partial charge on any atom is 0.159 e. The second-order valence-corrected chi connectivity index (χ2v) is 4.11. The summed E-state index contributed by atoms with van der Waals surface area (Å²) in [5, 5.41) is 20.9. The van der Waals surface area contributed by atoms with Crippen molar-refractivity contribution in [2.75, 3.05) is 0 Å². The van der Waals surface area contributed by atoms with Crippen LogP contribution in [-0.2, 0) is 0 Å². The van der Waals surface area contributed by atoms with E-state index in [9.17, 15) is 10.2 Å². The fourth-order valence-electron chi connectivity index (χ4n) is 2.12. The summed E-state index contributed by atoms with van der Waals surface area (Å²) >= 11 is 0. The number of hydrogen-bond donors (Lipinski definition) is 2. The SMILES string of the molecule is Cc1c2ccccc2nc2cc(O)c(O)cc12. The monoisotopic (exact) mass is 225 g/mol. The van der Waals surface area contributed by atoms with Crippen LogP contribution < -0.4 is 0 Å². The molecule has 0 bridgehead atoms. The van der Waals surface area contributed by atoms with Gasteiger partial charge in [0, 0.05) is 16.8 Å². The normalized spacial score (nSPS) is 11.1. The number of phenols is 2. The van der Waals surface area contributed by atoms with Crippen molar-refractivity contribution in [3.63, 3.8) is 0 Å². The first-order chi connectivity index (χ1) is 8.16. The van der Waals surface area contributed by atoms with E-state index in [0.717, 1.165) is 21.9 Å². The van der Waals surface area contributed by atoms with E-state index in [1.165, 1.54) is 6.07 Å². The molecule has 0 unspecified atom stereocenters. The van der Waals surface area contributed by atoms with E-state index in [1.807, 2.05) is 31.2 Å². The van der Waals surface area contributed by atoms with Crippen molar-refractivity contribution in [3.8, 4) is 11.5 Å². The van der Waals surface area contributed by atoms with Crippen LogP contribution in [0.5, 0.6) is 11.5 Å². The van der Waals surface area contributed by atoms with Crippen LogP contribution in [0, 0.1) is 6.92 Å². The van der Waals surface area contributed by atoms with Crippen LogP contribution >= 0.6 is 0 Å². The van der Waals surface area contributed by atoms with Crippen molar-refractivity contribution >= 4 is 21.8 Å². The number of para-hydroxylation sites is 1. The molecule has 2 N–H and O–H groups in total. The molecule has 0 spiro atoms. The zero-order chi connectivity index (χ0) is 12.0. The smallest absolute Gasteiger partial charge is 0.159 e. The molecule has 17 heavy (non-hydrogen) atoms. The lowest BCUT2D eigenvalue weighted by molar-refractivity contribution is 0.405. The molecule has 2 aromatic carbocycles. The van der Waals surface area contributed by atoms with Gasteiger partial charge in [0.1, 0.15) is 0 Å². The second kappa shape index (κ2) is 3.35. The van der Waals surface area contributed by atoms with Crippen LogP contribution in [0.15, 0.2) is 36.4 Å². The van der Waals surface area contributed by atoms with Crippen molar-refractivity contribution in [2.45, 2.75) is 6.92 Å². The van der Waals surface area contributed by atoms with E-state index in [2.05, 4.69) is 4.98 Å². The van der Waals surface area contributed by atoms with Crippen LogP contribution in [0.2, 0.25) is 0 Å². The first-order valence-electron chi connectivity index (χ1n) is 5.38. The molecule has 0 aliphatic carbocycles. The Morgan fingerprint density at radius 1 is 0.882 bits per heavy atom. The number of benzene rings is 2. The van der Waals surface area contributed by atoms with Gasteiger partial charge in [0.15, 0.2) is 11.5 Å². The van der Waals surface area contributed by atoms with Crippen molar-refractivity contribution in [1.82, 2.24) is 4.98 Å². The summed E-state index contributed by atoms with van der Waals surface area (Å²) in [7, 11) is 0. The van der Waals surface area contributed by atoms with Gasteiger partial charge in [-0.15, -0.1) is 0 Å². The van der Waals surface area contributed by atoms with Crippen LogP contribution in [0.1, 0.15) is 5.56 Å².